The van der Waals surface area contributed by atoms with Gasteiger partial charge in [-0.15, -0.1) is 0 Å². The minimum atomic E-state index is -0.619. The number of fused-ring (bicyclic) bond motifs is 1. The van der Waals surface area contributed by atoms with Crippen LogP contribution in [0.3, 0.4) is 0 Å². The fourth-order valence-electron chi connectivity index (χ4n) is 2.82. The third-order valence-electron chi connectivity index (χ3n) is 4.32. The topological polar surface area (TPSA) is 64.1 Å². The molecule has 0 aliphatic carbocycles. The van der Waals surface area contributed by atoms with Gasteiger partial charge in [0.05, 0.1) is 22.9 Å². The first-order chi connectivity index (χ1) is 13.7. The average Bonchev–Trinajstić information content (AvgIpc) is 2.74. The lowest BCUT2D eigenvalue weighted by atomic mass is 10.1. The summed E-state index contributed by atoms with van der Waals surface area (Å²) in [6.45, 7) is 1.72. The molecule has 4 rings (SSSR count). The number of ether oxygens (including phenoxy) is 1. The van der Waals surface area contributed by atoms with Gasteiger partial charge >= 0.3 is 0 Å². The molecule has 1 unspecified atom stereocenters. The van der Waals surface area contributed by atoms with Crippen molar-refractivity contribution in [2.45, 2.75) is 13.0 Å². The summed E-state index contributed by atoms with van der Waals surface area (Å²) >= 11 is 0. The SMILES string of the molecule is CC(Oc1ccc(-c2cnc3ccccc3n2)cc1)C(=O)Nc1ccccc1. The monoisotopic (exact) mass is 369 g/mol. The van der Waals surface area contributed by atoms with Gasteiger partial charge in [-0.25, -0.2) is 4.98 Å². The maximum absolute atomic E-state index is 12.3. The number of hydrogen-bond donors (Lipinski definition) is 1. The minimum absolute atomic E-state index is 0.198. The molecule has 138 valence electrons. The summed E-state index contributed by atoms with van der Waals surface area (Å²) in [7, 11) is 0. The van der Waals surface area contributed by atoms with Gasteiger partial charge in [0.1, 0.15) is 5.75 Å². The Morgan fingerprint density at radius 3 is 2.32 bits per heavy atom. The number of aromatic nitrogens is 2. The van der Waals surface area contributed by atoms with Gasteiger partial charge in [-0.1, -0.05) is 30.3 Å². The number of para-hydroxylation sites is 3. The van der Waals surface area contributed by atoms with Crippen LogP contribution < -0.4 is 10.1 Å². The number of amides is 1. The highest BCUT2D eigenvalue weighted by molar-refractivity contribution is 5.94. The zero-order valence-electron chi connectivity index (χ0n) is 15.4. The van der Waals surface area contributed by atoms with Crippen LogP contribution in [0, 0.1) is 0 Å². The molecule has 0 spiro atoms. The van der Waals surface area contributed by atoms with Gasteiger partial charge in [-0.3, -0.25) is 9.78 Å². The Hall–Kier alpha value is -3.73. The number of hydrogen-bond acceptors (Lipinski definition) is 4. The molecule has 3 aromatic carbocycles. The second-order valence-electron chi connectivity index (χ2n) is 6.38. The summed E-state index contributed by atoms with van der Waals surface area (Å²) in [6, 6.07) is 24.6. The third-order valence-corrected chi connectivity index (χ3v) is 4.32. The van der Waals surface area contributed by atoms with Crippen LogP contribution in [0.4, 0.5) is 5.69 Å². The standard InChI is InChI=1S/C23H19N3O2/c1-16(23(27)25-18-7-3-2-4-8-18)28-19-13-11-17(12-14-19)22-15-24-20-9-5-6-10-21(20)26-22/h2-16H,1H3,(H,25,27). The van der Waals surface area contributed by atoms with E-state index >= 15 is 0 Å². The van der Waals surface area contributed by atoms with Crippen LogP contribution in [0.1, 0.15) is 6.92 Å². The Morgan fingerprint density at radius 2 is 1.57 bits per heavy atom. The van der Waals surface area contributed by atoms with Gasteiger partial charge in [-0.2, -0.15) is 0 Å². The van der Waals surface area contributed by atoms with E-state index < -0.39 is 6.10 Å². The highest BCUT2D eigenvalue weighted by Crippen LogP contribution is 2.23. The van der Waals surface area contributed by atoms with E-state index in [4.69, 9.17) is 4.74 Å². The number of nitrogens with one attached hydrogen (secondary N) is 1. The van der Waals surface area contributed by atoms with Gasteiger partial charge in [-0.05, 0) is 55.5 Å². The lowest BCUT2D eigenvalue weighted by Gasteiger charge is -2.15. The molecule has 1 atom stereocenters. The molecule has 5 nitrogen and oxygen atoms in total. The second kappa shape index (κ2) is 7.88. The highest BCUT2D eigenvalue weighted by Gasteiger charge is 2.15. The maximum Gasteiger partial charge on any atom is 0.265 e. The molecule has 0 saturated carbocycles. The Kier molecular flexibility index (Phi) is 4.97. The van der Waals surface area contributed by atoms with Crippen molar-refractivity contribution in [3.63, 3.8) is 0 Å². The van der Waals surface area contributed by atoms with Crippen molar-refractivity contribution >= 4 is 22.6 Å². The quantitative estimate of drug-likeness (QED) is 0.554. The fourth-order valence-corrected chi connectivity index (χ4v) is 2.82. The summed E-state index contributed by atoms with van der Waals surface area (Å²) in [6.07, 6.45) is 1.14. The first-order valence-corrected chi connectivity index (χ1v) is 9.04. The summed E-state index contributed by atoms with van der Waals surface area (Å²) < 4.78 is 5.76. The van der Waals surface area contributed by atoms with Crippen molar-refractivity contribution in [2.24, 2.45) is 0 Å². The van der Waals surface area contributed by atoms with E-state index in [1.54, 1.807) is 13.1 Å². The molecule has 0 fully saturated rings. The fraction of sp³-hybridized carbons (Fsp3) is 0.0870. The van der Waals surface area contributed by atoms with Gasteiger partial charge in [0.15, 0.2) is 6.10 Å². The molecule has 1 aromatic heterocycles. The van der Waals surface area contributed by atoms with E-state index in [1.165, 1.54) is 0 Å². The van der Waals surface area contributed by atoms with Crippen LogP contribution in [-0.2, 0) is 4.79 Å². The predicted octanol–water partition coefficient (Wildman–Crippen LogP) is 4.70. The predicted molar refractivity (Wildman–Crippen MR) is 110 cm³/mol. The number of carbonyl (C=O) groups excluding carboxylic acids is 1. The van der Waals surface area contributed by atoms with E-state index in [-0.39, 0.29) is 5.91 Å². The zero-order valence-corrected chi connectivity index (χ0v) is 15.4. The van der Waals surface area contributed by atoms with Crippen molar-refractivity contribution < 1.29 is 9.53 Å². The molecular weight excluding hydrogens is 350 g/mol. The van der Waals surface area contributed by atoms with Crippen LogP contribution in [0.25, 0.3) is 22.3 Å². The Morgan fingerprint density at radius 1 is 0.893 bits per heavy atom. The summed E-state index contributed by atoms with van der Waals surface area (Å²) in [5, 5.41) is 2.83. The summed E-state index contributed by atoms with van der Waals surface area (Å²) in [4.78, 5) is 21.4. The second-order valence-corrected chi connectivity index (χ2v) is 6.38. The van der Waals surface area contributed by atoms with Crippen molar-refractivity contribution in [2.75, 3.05) is 5.32 Å². The van der Waals surface area contributed by atoms with E-state index in [1.807, 2.05) is 78.9 Å². The first kappa shape index (κ1) is 17.7. The normalized spacial score (nSPS) is 11.8. The third kappa shape index (κ3) is 3.99. The Labute approximate surface area is 163 Å². The molecule has 0 saturated heterocycles. The number of rotatable bonds is 5. The highest BCUT2D eigenvalue weighted by atomic mass is 16.5. The molecule has 0 aliphatic heterocycles. The van der Waals surface area contributed by atoms with E-state index in [0.29, 0.717) is 5.75 Å². The molecule has 28 heavy (non-hydrogen) atoms. The van der Waals surface area contributed by atoms with E-state index in [0.717, 1.165) is 28.0 Å². The molecule has 1 heterocycles. The van der Waals surface area contributed by atoms with Crippen molar-refractivity contribution in [1.82, 2.24) is 9.97 Å². The van der Waals surface area contributed by atoms with Crippen molar-refractivity contribution in [3.8, 4) is 17.0 Å². The van der Waals surface area contributed by atoms with Crippen LogP contribution in [0.2, 0.25) is 0 Å². The number of carbonyl (C=O) groups is 1. The van der Waals surface area contributed by atoms with Crippen LogP contribution in [0.5, 0.6) is 5.75 Å². The first-order valence-electron chi connectivity index (χ1n) is 9.04. The molecule has 1 amide bonds. The smallest absolute Gasteiger partial charge is 0.265 e. The summed E-state index contributed by atoms with van der Waals surface area (Å²) in [5.74, 6) is 0.420. The average molecular weight is 369 g/mol. The molecule has 0 radical (unpaired) electrons. The Balaban J connectivity index is 1.44. The van der Waals surface area contributed by atoms with Gasteiger partial charge in [0.2, 0.25) is 0 Å². The van der Waals surface area contributed by atoms with Gasteiger partial charge in [0, 0.05) is 11.3 Å². The number of benzene rings is 3. The van der Waals surface area contributed by atoms with Crippen LogP contribution in [0.15, 0.2) is 85.1 Å². The van der Waals surface area contributed by atoms with Crippen molar-refractivity contribution in [1.29, 1.82) is 0 Å². The van der Waals surface area contributed by atoms with Gasteiger partial charge < -0.3 is 10.1 Å². The van der Waals surface area contributed by atoms with E-state index in [9.17, 15) is 4.79 Å². The summed E-state index contributed by atoms with van der Waals surface area (Å²) in [5.41, 5.74) is 4.19. The molecule has 1 N–H and O–H groups in total. The molecule has 4 aromatic rings. The molecule has 0 bridgehead atoms. The van der Waals surface area contributed by atoms with Crippen LogP contribution in [-0.4, -0.2) is 22.0 Å². The molecule has 5 heteroatoms. The minimum Gasteiger partial charge on any atom is -0.481 e. The number of nitrogens with zero attached hydrogens (tertiary/aromatic N) is 2. The molecule has 0 aliphatic rings. The molecular formula is C23H19N3O2. The Bertz CT molecular complexity index is 1100. The number of anilines is 1. The van der Waals surface area contributed by atoms with Gasteiger partial charge in [0.25, 0.3) is 5.91 Å². The maximum atomic E-state index is 12.3. The largest absolute Gasteiger partial charge is 0.481 e. The van der Waals surface area contributed by atoms with E-state index in [2.05, 4.69) is 15.3 Å². The van der Waals surface area contributed by atoms with Crippen molar-refractivity contribution in [3.05, 3.63) is 85.1 Å². The lowest BCUT2D eigenvalue weighted by molar-refractivity contribution is -0.122. The zero-order chi connectivity index (χ0) is 19.3. The lowest BCUT2D eigenvalue weighted by Crippen LogP contribution is -2.30. The van der Waals surface area contributed by atoms with Crippen LogP contribution >= 0.6 is 0 Å².